The summed E-state index contributed by atoms with van der Waals surface area (Å²) in [5.41, 5.74) is 2.85. The molecule has 1 unspecified atom stereocenters. The normalized spacial score (nSPS) is 26.1. The quantitative estimate of drug-likeness (QED) is 0.862. The molecule has 2 fully saturated rings. The molecule has 1 N–H and O–H groups in total. The first kappa shape index (κ1) is 13.3. The topological polar surface area (TPSA) is 32.3 Å². The number of hydrogen-bond donors (Lipinski definition) is 1. The van der Waals surface area contributed by atoms with E-state index in [1.54, 1.807) is 0 Å². The van der Waals surface area contributed by atoms with E-state index < -0.39 is 0 Å². The molecule has 1 atom stereocenters. The maximum atomic E-state index is 12.6. The van der Waals surface area contributed by atoms with E-state index in [0.717, 1.165) is 23.9 Å². The highest BCUT2D eigenvalue weighted by atomic mass is 35.5. The van der Waals surface area contributed by atoms with E-state index in [9.17, 15) is 4.79 Å². The van der Waals surface area contributed by atoms with Crippen LogP contribution >= 0.6 is 24.2 Å². The van der Waals surface area contributed by atoms with Crippen LogP contribution in [0.3, 0.4) is 0 Å². The summed E-state index contributed by atoms with van der Waals surface area (Å²) in [6.07, 6.45) is 2.47. The van der Waals surface area contributed by atoms with Gasteiger partial charge in [0.1, 0.15) is 0 Å². The van der Waals surface area contributed by atoms with Crippen molar-refractivity contribution < 1.29 is 4.79 Å². The van der Waals surface area contributed by atoms with Gasteiger partial charge in [-0.1, -0.05) is 18.2 Å². The molecule has 0 radical (unpaired) electrons. The van der Waals surface area contributed by atoms with Gasteiger partial charge in [-0.2, -0.15) is 0 Å². The Balaban J connectivity index is 0.00000110. The molecule has 1 spiro atoms. The van der Waals surface area contributed by atoms with Crippen molar-refractivity contribution in [1.29, 1.82) is 0 Å². The number of benzene rings is 1. The highest BCUT2D eigenvalue weighted by molar-refractivity contribution is 7.99. The Labute approximate surface area is 123 Å². The second kappa shape index (κ2) is 4.69. The van der Waals surface area contributed by atoms with Gasteiger partial charge in [-0.3, -0.25) is 10.1 Å². The minimum atomic E-state index is 0. The smallest absolute Gasteiger partial charge is 0.245 e. The number of amides is 1. The van der Waals surface area contributed by atoms with E-state index in [4.69, 9.17) is 0 Å². The second-order valence-electron chi connectivity index (χ2n) is 5.49. The van der Waals surface area contributed by atoms with Gasteiger partial charge in [0, 0.05) is 29.3 Å². The lowest BCUT2D eigenvalue weighted by Gasteiger charge is -2.21. The van der Waals surface area contributed by atoms with E-state index in [2.05, 4.69) is 23.5 Å². The molecule has 3 nitrogen and oxygen atoms in total. The lowest BCUT2D eigenvalue weighted by molar-refractivity contribution is -0.119. The van der Waals surface area contributed by atoms with Crippen molar-refractivity contribution in [3.05, 3.63) is 29.8 Å². The molecule has 0 bridgehead atoms. The Kier molecular flexibility index (Phi) is 3.28. The van der Waals surface area contributed by atoms with Crippen LogP contribution in [0.5, 0.6) is 0 Å². The average Bonchev–Trinajstić information content (AvgIpc) is 2.87. The van der Waals surface area contributed by atoms with Crippen LogP contribution in [0.4, 0.5) is 5.69 Å². The molecule has 4 rings (SSSR count). The molecule has 2 heterocycles. The maximum absolute atomic E-state index is 12.6. The monoisotopic (exact) mass is 296 g/mol. The molecule has 1 amide bonds. The lowest BCUT2D eigenvalue weighted by Crippen LogP contribution is -2.45. The van der Waals surface area contributed by atoms with Crippen LogP contribution in [-0.4, -0.2) is 30.1 Å². The number of carbonyl (C=O) groups is 1. The van der Waals surface area contributed by atoms with Gasteiger partial charge in [0.15, 0.2) is 0 Å². The number of thioether (sulfide) groups is 1. The summed E-state index contributed by atoms with van der Waals surface area (Å²) in [6, 6.07) is 8.44. The standard InChI is InChI=1S/C14H16N2OS.ClH/c17-13(11-7-18-9-15-11)16-8-14(5-6-14)10-3-1-2-4-12(10)16;/h1-4,11,15H,5-9H2;1H. The molecule has 1 aromatic carbocycles. The van der Waals surface area contributed by atoms with Gasteiger partial charge < -0.3 is 4.90 Å². The fourth-order valence-electron chi connectivity index (χ4n) is 3.15. The lowest BCUT2D eigenvalue weighted by atomic mass is 9.99. The summed E-state index contributed by atoms with van der Waals surface area (Å²) >= 11 is 1.81. The van der Waals surface area contributed by atoms with Crippen molar-refractivity contribution in [2.24, 2.45) is 0 Å². The van der Waals surface area contributed by atoms with Gasteiger partial charge in [0.2, 0.25) is 5.91 Å². The van der Waals surface area contributed by atoms with Crippen molar-refractivity contribution in [3.63, 3.8) is 0 Å². The van der Waals surface area contributed by atoms with Gasteiger partial charge >= 0.3 is 0 Å². The molecule has 5 heteroatoms. The third kappa shape index (κ3) is 1.97. The number of rotatable bonds is 1. The molecule has 3 aliphatic rings. The maximum Gasteiger partial charge on any atom is 0.245 e. The fourth-order valence-corrected chi connectivity index (χ4v) is 4.08. The van der Waals surface area contributed by atoms with Crippen molar-refractivity contribution >= 4 is 35.8 Å². The minimum Gasteiger partial charge on any atom is -0.310 e. The number of nitrogens with one attached hydrogen (secondary N) is 1. The Morgan fingerprint density at radius 1 is 1.37 bits per heavy atom. The summed E-state index contributed by atoms with van der Waals surface area (Å²) in [5.74, 6) is 2.07. The second-order valence-corrected chi connectivity index (χ2v) is 6.52. The van der Waals surface area contributed by atoms with Gasteiger partial charge in [-0.15, -0.1) is 24.2 Å². The molecule has 102 valence electrons. The number of anilines is 1. The first-order valence-corrected chi connectivity index (χ1v) is 7.68. The van der Waals surface area contributed by atoms with Crippen LogP contribution in [0, 0.1) is 0 Å². The summed E-state index contributed by atoms with van der Waals surface area (Å²) in [6.45, 7) is 0.897. The Bertz CT molecular complexity index is 512. The zero-order valence-electron chi connectivity index (χ0n) is 10.6. The van der Waals surface area contributed by atoms with Crippen LogP contribution < -0.4 is 10.2 Å². The Morgan fingerprint density at radius 3 is 2.84 bits per heavy atom. The van der Waals surface area contributed by atoms with Crippen molar-refractivity contribution in [2.75, 3.05) is 23.1 Å². The third-order valence-corrected chi connectivity index (χ3v) is 5.30. The van der Waals surface area contributed by atoms with E-state index in [-0.39, 0.29) is 24.4 Å². The van der Waals surface area contributed by atoms with Gasteiger partial charge in [0.25, 0.3) is 0 Å². The van der Waals surface area contributed by atoms with Crippen LogP contribution in [0.2, 0.25) is 0 Å². The van der Waals surface area contributed by atoms with Crippen LogP contribution in [0.15, 0.2) is 24.3 Å². The molecular formula is C14H17ClN2OS. The van der Waals surface area contributed by atoms with Gasteiger partial charge in [-0.05, 0) is 24.5 Å². The Morgan fingerprint density at radius 2 is 2.16 bits per heavy atom. The summed E-state index contributed by atoms with van der Waals surface area (Å²) in [5, 5.41) is 3.28. The number of carbonyl (C=O) groups excluding carboxylic acids is 1. The number of para-hydroxylation sites is 1. The molecule has 2 aliphatic heterocycles. The fraction of sp³-hybridized carbons (Fsp3) is 0.500. The molecule has 1 saturated carbocycles. The molecule has 0 aromatic heterocycles. The van der Waals surface area contributed by atoms with Crippen molar-refractivity contribution in [2.45, 2.75) is 24.3 Å². The third-order valence-electron chi connectivity index (χ3n) is 4.36. The van der Waals surface area contributed by atoms with E-state index in [1.165, 1.54) is 18.4 Å². The van der Waals surface area contributed by atoms with Gasteiger partial charge in [-0.25, -0.2) is 0 Å². The number of hydrogen-bond acceptors (Lipinski definition) is 3. The average molecular weight is 297 g/mol. The Hall–Kier alpha value is -0.710. The minimum absolute atomic E-state index is 0. The van der Waals surface area contributed by atoms with E-state index in [0.29, 0.717) is 5.41 Å². The zero-order valence-corrected chi connectivity index (χ0v) is 12.2. The van der Waals surface area contributed by atoms with Crippen molar-refractivity contribution in [3.8, 4) is 0 Å². The zero-order chi connectivity index (χ0) is 12.2. The molecule has 1 aromatic rings. The molecular weight excluding hydrogens is 280 g/mol. The highest BCUT2D eigenvalue weighted by Gasteiger charge is 2.53. The number of fused-ring (bicyclic) bond motifs is 2. The highest BCUT2D eigenvalue weighted by Crippen LogP contribution is 2.56. The predicted octanol–water partition coefficient (Wildman–Crippen LogP) is 2.15. The van der Waals surface area contributed by atoms with Crippen LogP contribution in [0.25, 0.3) is 0 Å². The summed E-state index contributed by atoms with van der Waals surface area (Å²) < 4.78 is 0. The van der Waals surface area contributed by atoms with Crippen LogP contribution in [-0.2, 0) is 10.2 Å². The van der Waals surface area contributed by atoms with Crippen molar-refractivity contribution in [1.82, 2.24) is 5.32 Å². The largest absolute Gasteiger partial charge is 0.310 e. The number of halogens is 1. The van der Waals surface area contributed by atoms with Crippen LogP contribution in [0.1, 0.15) is 18.4 Å². The SMILES string of the molecule is Cl.O=C(C1CSCN1)N1CC2(CC2)c2ccccc21. The van der Waals surface area contributed by atoms with Gasteiger partial charge in [0.05, 0.1) is 6.04 Å². The molecule has 19 heavy (non-hydrogen) atoms. The predicted molar refractivity (Wildman–Crippen MR) is 81.2 cm³/mol. The molecule has 1 saturated heterocycles. The first-order chi connectivity index (χ1) is 8.80. The first-order valence-electron chi connectivity index (χ1n) is 6.52. The summed E-state index contributed by atoms with van der Waals surface area (Å²) in [4.78, 5) is 14.6. The van der Waals surface area contributed by atoms with E-state index >= 15 is 0 Å². The summed E-state index contributed by atoms with van der Waals surface area (Å²) in [7, 11) is 0. The van der Waals surface area contributed by atoms with E-state index in [1.807, 2.05) is 22.7 Å². The number of nitrogens with zero attached hydrogens (tertiary/aromatic N) is 1. The molecule has 1 aliphatic carbocycles.